The predicted octanol–water partition coefficient (Wildman–Crippen LogP) is 3.60. The van der Waals surface area contributed by atoms with E-state index in [1.165, 1.54) is 12.5 Å². The third-order valence-electron chi connectivity index (χ3n) is 3.60. The van der Waals surface area contributed by atoms with Crippen LogP contribution in [-0.4, -0.2) is 18.0 Å². The van der Waals surface area contributed by atoms with E-state index in [1.807, 2.05) is 19.1 Å². The van der Waals surface area contributed by atoms with E-state index < -0.39 is 0 Å². The van der Waals surface area contributed by atoms with E-state index >= 15 is 0 Å². The first-order chi connectivity index (χ1) is 12.6. The van der Waals surface area contributed by atoms with Gasteiger partial charge in [-0.25, -0.2) is 5.43 Å². The lowest BCUT2D eigenvalue weighted by Gasteiger charge is -2.07. The molecule has 3 rings (SSSR count). The molecule has 6 nitrogen and oxygen atoms in total. The van der Waals surface area contributed by atoms with Crippen LogP contribution in [0, 0.1) is 6.92 Å². The summed E-state index contributed by atoms with van der Waals surface area (Å²) in [6.45, 7) is 1.96. The summed E-state index contributed by atoms with van der Waals surface area (Å²) < 4.78 is 5.09. The third-order valence-corrected chi connectivity index (χ3v) is 3.60. The molecule has 0 saturated carbocycles. The third kappa shape index (κ3) is 4.45. The molecule has 130 valence electrons. The number of nitrogens with zero attached hydrogens (tertiary/aromatic N) is 1. The van der Waals surface area contributed by atoms with Gasteiger partial charge in [-0.1, -0.05) is 23.8 Å². The number of carbonyl (C=O) groups excluding carboxylic acids is 2. The number of hydrogen-bond acceptors (Lipinski definition) is 4. The number of benzene rings is 2. The van der Waals surface area contributed by atoms with Crippen LogP contribution >= 0.6 is 0 Å². The van der Waals surface area contributed by atoms with Crippen molar-refractivity contribution in [2.45, 2.75) is 6.92 Å². The quantitative estimate of drug-likeness (QED) is 0.546. The van der Waals surface area contributed by atoms with Gasteiger partial charge in [-0.15, -0.1) is 0 Å². The molecule has 2 amide bonds. The molecule has 3 aromatic rings. The van der Waals surface area contributed by atoms with Gasteiger partial charge in [-0.3, -0.25) is 9.59 Å². The second-order valence-corrected chi connectivity index (χ2v) is 5.62. The SMILES string of the molecule is Cc1ccc(C(=O)Nc2cccc(C(=O)NN=Cc3ccco3)c2)cc1. The van der Waals surface area contributed by atoms with Gasteiger partial charge in [-0.2, -0.15) is 5.10 Å². The van der Waals surface area contributed by atoms with E-state index in [0.717, 1.165) is 5.56 Å². The number of rotatable bonds is 5. The van der Waals surface area contributed by atoms with Gasteiger partial charge in [0.2, 0.25) is 0 Å². The maximum Gasteiger partial charge on any atom is 0.271 e. The molecule has 0 fully saturated rings. The van der Waals surface area contributed by atoms with E-state index in [1.54, 1.807) is 48.5 Å². The standard InChI is InChI=1S/C20H17N3O3/c1-14-7-9-15(10-8-14)19(24)22-17-5-2-4-16(12-17)20(25)23-21-13-18-6-3-11-26-18/h2-13H,1H3,(H,22,24)(H,23,25). The lowest BCUT2D eigenvalue weighted by atomic mass is 10.1. The molecule has 1 aromatic heterocycles. The Hall–Kier alpha value is -3.67. The molecule has 0 radical (unpaired) electrons. The number of amides is 2. The maximum atomic E-state index is 12.3. The summed E-state index contributed by atoms with van der Waals surface area (Å²) in [5.74, 6) is -0.0953. The Morgan fingerprint density at radius 2 is 1.77 bits per heavy atom. The van der Waals surface area contributed by atoms with Gasteiger partial charge in [0.25, 0.3) is 11.8 Å². The first kappa shape index (κ1) is 17.2. The van der Waals surface area contributed by atoms with Crippen molar-refractivity contribution < 1.29 is 14.0 Å². The van der Waals surface area contributed by atoms with Gasteiger partial charge >= 0.3 is 0 Å². The Balaban J connectivity index is 1.64. The topological polar surface area (TPSA) is 83.7 Å². The number of furan rings is 1. The molecule has 6 heteroatoms. The van der Waals surface area contributed by atoms with Crippen molar-refractivity contribution in [3.8, 4) is 0 Å². The lowest BCUT2D eigenvalue weighted by Crippen LogP contribution is -2.18. The Morgan fingerprint density at radius 3 is 2.50 bits per heavy atom. The van der Waals surface area contributed by atoms with Crippen LogP contribution in [0.2, 0.25) is 0 Å². The van der Waals surface area contributed by atoms with Crippen molar-refractivity contribution in [3.63, 3.8) is 0 Å². The van der Waals surface area contributed by atoms with Crippen LogP contribution in [0.25, 0.3) is 0 Å². The molecule has 0 bridgehead atoms. The molecule has 0 saturated heterocycles. The van der Waals surface area contributed by atoms with Crippen LogP contribution in [0.5, 0.6) is 0 Å². The number of hydrogen-bond donors (Lipinski definition) is 2. The van der Waals surface area contributed by atoms with Crippen molar-refractivity contribution in [1.82, 2.24) is 5.43 Å². The number of carbonyl (C=O) groups is 2. The minimum absolute atomic E-state index is 0.238. The molecular formula is C20H17N3O3. The van der Waals surface area contributed by atoms with E-state index in [2.05, 4.69) is 15.8 Å². The minimum Gasteiger partial charge on any atom is -0.463 e. The number of anilines is 1. The predicted molar refractivity (Wildman–Crippen MR) is 99.3 cm³/mol. The van der Waals surface area contributed by atoms with Gasteiger partial charge in [0.15, 0.2) is 0 Å². The summed E-state index contributed by atoms with van der Waals surface area (Å²) in [6.07, 6.45) is 2.92. The molecule has 1 heterocycles. The number of hydrazone groups is 1. The summed E-state index contributed by atoms with van der Waals surface area (Å²) in [6, 6.07) is 17.3. The van der Waals surface area contributed by atoms with Crippen LogP contribution in [0.4, 0.5) is 5.69 Å². The van der Waals surface area contributed by atoms with Crippen molar-refractivity contribution in [2.75, 3.05) is 5.32 Å². The summed E-state index contributed by atoms with van der Waals surface area (Å²) in [4.78, 5) is 24.4. The van der Waals surface area contributed by atoms with E-state index in [-0.39, 0.29) is 11.8 Å². The first-order valence-corrected chi connectivity index (χ1v) is 7.97. The number of nitrogens with one attached hydrogen (secondary N) is 2. The fourth-order valence-corrected chi connectivity index (χ4v) is 2.23. The molecule has 0 aliphatic carbocycles. The molecule has 0 spiro atoms. The van der Waals surface area contributed by atoms with E-state index in [4.69, 9.17) is 4.42 Å². The highest BCUT2D eigenvalue weighted by Crippen LogP contribution is 2.13. The van der Waals surface area contributed by atoms with Crippen molar-refractivity contribution in [2.24, 2.45) is 5.10 Å². The fraction of sp³-hybridized carbons (Fsp3) is 0.0500. The highest BCUT2D eigenvalue weighted by atomic mass is 16.3. The number of aryl methyl sites for hydroxylation is 1. The average Bonchev–Trinajstić information content (AvgIpc) is 3.16. The lowest BCUT2D eigenvalue weighted by molar-refractivity contribution is 0.0953. The van der Waals surface area contributed by atoms with Crippen LogP contribution in [-0.2, 0) is 0 Å². The molecular weight excluding hydrogens is 330 g/mol. The largest absolute Gasteiger partial charge is 0.463 e. The van der Waals surface area contributed by atoms with E-state index in [0.29, 0.717) is 22.6 Å². The summed E-state index contributed by atoms with van der Waals surface area (Å²) in [5, 5.41) is 6.61. The zero-order chi connectivity index (χ0) is 18.4. The molecule has 0 unspecified atom stereocenters. The van der Waals surface area contributed by atoms with Crippen molar-refractivity contribution in [1.29, 1.82) is 0 Å². The Bertz CT molecular complexity index is 929. The molecule has 0 aliphatic rings. The van der Waals surface area contributed by atoms with Crippen LogP contribution in [0.1, 0.15) is 32.0 Å². The average molecular weight is 347 g/mol. The molecule has 2 aromatic carbocycles. The molecule has 0 atom stereocenters. The normalized spacial score (nSPS) is 10.7. The van der Waals surface area contributed by atoms with Gasteiger partial charge < -0.3 is 9.73 Å². The van der Waals surface area contributed by atoms with Gasteiger partial charge in [0, 0.05) is 16.8 Å². The Kier molecular flexibility index (Phi) is 5.24. The summed E-state index contributed by atoms with van der Waals surface area (Å²) in [7, 11) is 0. The highest BCUT2D eigenvalue weighted by Gasteiger charge is 2.09. The molecule has 0 aliphatic heterocycles. The Morgan fingerprint density at radius 1 is 0.962 bits per heavy atom. The van der Waals surface area contributed by atoms with Crippen molar-refractivity contribution >= 4 is 23.7 Å². The smallest absolute Gasteiger partial charge is 0.271 e. The Labute approximate surface area is 150 Å². The zero-order valence-corrected chi connectivity index (χ0v) is 14.1. The summed E-state index contributed by atoms with van der Waals surface area (Å²) in [5.41, 5.74) is 4.95. The highest BCUT2D eigenvalue weighted by molar-refractivity contribution is 6.05. The molecule has 26 heavy (non-hydrogen) atoms. The monoisotopic (exact) mass is 347 g/mol. The molecule has 2 N–H and O–H groups in total. The zero-order valence-electron chi connectivity index (χ0n) is 14.1. The van der Waals surface area contributed by atoms with Crippen LogP contribution in [0.3, 0.4) is 0 Å². The van der Waals surface area contributed by atoms with Crippen molar-refractivity contribution in [3.05, 3.63) is 89.4 Å². The van der Waals surface area contributed by atoms with Crippen LogP contribution < -0.4 is 10.7 Å². The van der Waals surface area contributed by atoms with Gasteiger partial charge in [0.1, 0.15) is 5.76 Å². The maximum absolute atomic E-state index is 12.3. The minimum atomic E-state index is -0.390. The fourth-order valence-electron chi connectivity index (χ4n) is 2.23. The van der Waals surface area contributed by atoms with Crippen LogP contribution in [0.15, 0.2) is 76.4 Å². The van der Waals surface area contributed by atoms with Gasteiger partial charge in [0.05, 0.1) is 12.5 Å². The summed E-state index contributed by atoms with van der Waals surface area (Å²) >= 11 is 0. The second kappa shape index (κ2) is 7.94. The van der Waals surface area contributed by atoms with Gasteiger partial charge in [-0.05, 0) is 49.4 Å². The van der Waals surface area contributed by atoms with E-state index in [9.17, 15) is 9.59 Å². The first-order valence-electron chi connectivity index (χ1n) is 7.97. The second-order valence-electron chi connectivity index (χ2n) is 5.62.